The van der Waals surface area contributed by atoms with E-state index in [0.717, 1.165) is 56.8 Å². The van der Waals surface area contributed by atoms with E-state index in [0.29, 0.717) is 5.69 Å². The van der Waals surface area contributed by atoms with E-state index in [1.165, 1.54) is 0 Å². The number of nitrogens with zero attached hydrogens (tertiary/aromatic N) is 4. The molecule has 1 spiro atoms. The largest absolute Gasteiger partial charge is 0.334 e. The topological polar surface area (TPSA) is 53.4 Å². The summed E-state index contributed by atoms with van der Waals surface area (Å²) in [5, 5.41) is 8.00. The van der Waals surface area contributed by atoms with Crippen molar-refractivity contribution < 1.29 is 4.79 Å². The number of nitrogens with one attached hydrogen (secondary N) is 1. The summed E-state index contributed by atoms with van der Waals surface area (Å²) in [7, 11) is 4.06. The van der Waals surface area contributed by atoms with Crippen LogP contribution in [0, 0.1) is 0 Å². The molecule has 1 aromatic heterocycles. The number of piperidine rings is 1. The highest BCUT2D eigenvalue weighted by Crippen LogP contribution is 2.30. The molecule has 26 heavy (non-hydrogen) atoms. The molecule has 4 rings (SSSR count). The molecule has 1 N–H and O–H groups in total. The van der Waals surface area contributed by atoms with Crippen molar-refractivity contribution in [3.05, 3.63) is 42.1 Å². The van der Waals surface area contributed by atoms with E-state index in [1.807, 2.05) is 48.3 Å². The van der Waals surface area contributed by atoms with Crippen LogP contribution >= 0.6 is 0 Å². The zero-order chi connectivity index (χ0) is 18.1. The minimum atomic E-state index is 0.0909. The van der Waals surface area contributed by atoms with Crippen LogP contribution in [0.3, 0.4) is 0 Å². The fourth-order valence-corrected chi connectivity index (χ4v) is 4.25. The fraction of sp³-hybridized carbons (Fsp3) is 0.500. The maximum atomic E-state index is 13.2. The van der Waals surface area contributed by atoms with Crippen LogP contribution in [0.4, 0.5) is 0 Å². The zero-order valence-corrected chi connectivity index (χ0v) is 15.6. The third kappa shape index (κ3) is 3.04. The van der Waals surface area contributed by atoms with Gasteiger partial charge in [0.05, 0.1) is 5.69 Å². The second kappa shape index (κ2) is 6.85. The number of benzene rings is 1. The number of likely N-dealkylation sites (N-methyl/N-ethyl adjacent to an activating group) is 1. The van der Waals surface area contributed by atoms with Crippen molar-refractivity contribution in [1.29, 1.82) is 0 Å². The van der Waals surface area contributed by atoms with Crippen molar-refractivity contribution in [2.75, 3.05) is 39.8 Å². The average molecular weight is 353 g/mol. The van der Waals surface area contributed by atoms with Crippen LogP contribution in [0.15, 0.2) is 36.4 Å². The molecule has 2 saturated heterocycles. The summed E-state index contributed by atoms with van der Waals surface area (Å²) >= 11 is 0. The Balaban J connectivity index is 1.57. The zero-order valence-electron chi connectivity index (χ0n) is 15.6. The van der Waals surface area contributed by atoms with Gasteiger partial charge >= 0.3 is 0 Å². The molecule has 2 fully saturated rings. The Kier molecular flexibility index (Phi) is 4.54. The van der Waals surface area contributed by atoms with Crippen LogP contribution in [0.2, 0.25) is 0 Å². The predicted molar refractivity (Wildman–Crippen MR) is 102 cm³/mol. The summed E-state index contributed by atoms with van der Waals surface area (Å²) in [6.45, 7) is 4.55. The molecule has 0 saturated carbocycles. The van der Waals surface area contributed by atoms with E-state index in [9.17, 15) is 4.79 Å². The highest BCUT2D eigenvalue weighted by atomic mass is 16.2. The lowest BCUT2D eigenvalue weighted by atomic mass is 9.84. The number of amides is 1. The first-order valence-electron chi connectivity index (χ1n) is 9.40. The number of aryl methyl sites for hydroxylation is 1. The first-order valence-corrected chi connectivity index (χ1v) is 9.40. The predicted octanol–water partition coefficient (Wildman–Crippen LogP) is 1.60. The second-order valence-corrected chi connectivity index (χ2v) is 7.53. The Morgan fingerprint density at radius 3 is 2.58 bits per heavy atom. The van der Waals surface area contributed by atoms with E-state index >= 15 is 0 Å². The van der Waals surface area contributed by atoms with Crippen molar-refractivity contribution in [2.24, 2.45) is 7.05 Å². The summed E-state index contributed by atoms with van der Waals surface area (Å²) in [5.74, 6) is 0.0909. The molecule has 0 unspecified atom stereocenters. The van der Waals surface area contributed by atoms with E-state index in [4.69, 9.17) is 0 Å². The third-order valence-corrected chi connectivity index (χ3v) is 5.99. The molecule has 1 aromatic carbocycles. The number of hydrogen-bond donors (Lipinski definition) is 1. The maximum absolute atomic E-state index is 13.2. The molecule has 2 aliphatic rings. The van der Waals surface area contributed by atoms with E-state index < -0.39 is 0 Å². The summed E-state index contributed by atoms with van der Waals surface area (Å²) in [6, 6.07) is 11.9. The van der Waals surface area contributed by atoms with Crippen molar-refractivity contribution in [3.8, 4) is 11.3 Å². The molecule has 6 heteroatoms. The normalized spacial score (nSPS) is 20.5. The fourth-order valence-electron chi connectivity index (χ4n) is 4.25. The molecule has 0 atom stereocenters. The van der Waals surface area contributed by atoms with Crippen LogP contribution in [0.5, 0.6) is 0 Å². The van der Waals surface area contributed by atoms with Crippen molar-refractivity contribution in [3.63, 3.8) is 0 Å². The standard InChI is InChI=1S/C20H27N5O/c1-23-12-13-25(15-20(23)8-10-21-11-9-20)19(26)18-14-17(22-24(18)2)16-6-4-3-5-7-16/h3-7,14,21H,8-13,15H2,1-2H3. The van der Waals surface area contributed by atoms with Gasteiger partial charge in [-0.2, -0.15) is 5.10 Å². The first-order chi connectivity index (χ1) is 12.6. The molecule has 0 aliphatic carbocycles. The average Bonchev–Trinajstić information content (AvgIpc) is 3.07. The smallest absolute Gasteiger partial charge is 0.272 e. The molecule has 1 amide bonds. The lowest BCUT2D eigenvalue weighted by molar-refractivity contribution is -0.00144. The Hall–Kier alpha value is -2.18. The molecule has 0 radical (unpaired) electrons. The van der Waals surface area contributed by atoms with Gasteiger partial charge in [-0.1, -0.05) is 30.3 Å². The van der Waals surface area contributed by atoms with Gasteiger partial charge < -0.3 is 10.2 Å². The Bertz CT molecular complexity index is 779. The van der Waals surface area contributed by atoms with Gasteiger partial charge in [0.15, 0.2) is 0 Å². The van der Waals surface area contributed by atoms with Gasteiger partial charge in [-0.15, -0.1) is 0 Å². The third-order valence-electron chi connectivity index (χ3n) is 5.99. The molecule has 3 heterocycles. The summed E-state index contributed by atoms with van der Waals surface area (Å²) in [4.78, 5) is 17.7. The number of piperazine rings is 1. The summed E-state index contributed by atoms with van der Waals surface area (Å²) < 4.78 is 1.72. The van der Waals surface area contributed by atoms with Crippen LogP contribution in [-0.4, -0.2) is 70.8 Å². The Morgan fingerprint density at radius 2 is 1.85 bits per heavy atom. The van der Waals surface area contributed by atoms with Gasteiger partial charge in [-0.3, -0.25) is 14.4 Å². The number of carbonyl (C=O) groups is 1. The maximum Gasteiger partial charge on any atom is 0.272 e. The Morgan fingerprint density at radius 1 is 1.12 bits per heavy atom. The van der Waals surface area contributed by atoms with E-state index in [2.05, 4.69) is 22.4 Å². The van der Waals surface area contributed by atoms with Crippen molar-refractivity contribution in [2.45, 2.75) is 18.4 Å². The van der Waals surface area contributed by atoms with Crippen LogP contribution in [0.1, 0.15) is 23.3 Å². The van der Waals surface area contributed by atoms with Gasteiger partial charge in [0.1, 0.15) is 5.69 Å². The van der Waals surface area contributed by atoms with Gasteiger partial charge in [0.2, 0.25) is 0 Å². The Labute approximate surface area is 154 Å². The monoisotopic (exact) mass is 353 g/mol. The molecule has 2 aliphatic heterocycles. The first kappa shape index (κ1) is 17.2. The number of carbonyl (C=O) groups excluding carboxylic acids is 1. The number of rotatable bonds is 2. The van der Waals surface area contributed by atoms with E-state index in [1.54, 1.807) is 4.68 Å². The summed E-state index contributed by atoms with van der Waals surface area (Å²) in [6.07, 6.45) is 2.18. The van der Waals surface area contributed by atoms with Gasteiger partial charge in [-0.25, -0.2) is 0 Å². The highest BCUT2D eigenvalue weighted by Gasteiger charge is 2.42. The van der Waals surface area contributed by atoms with Gasteiger partial charge in [-0.05, 0) is 39.0 Å². The lowest BCUT2D eigenvalue weighted by Gasteiger charge is -2.51. The van der Waals surface area contributed by atoms with Crippen molar-refractivity contribution >= 4 is 5.91 Å². The second-order valence-electron chi connectivity index (χ2n) is 7.53. The molecule has 0 bridgehead atoms. The molecule has 138 valence electrons. The number of aromatic nitrogens is 2. The van der Waals surface area contributed by atoms with Gasteiger partial charge in [0, 0.05) is 37.8 Å². The number of hydrogen-bond acceptors (Lipinski definition) is 4. The summed E-state index contributed by atoms with van der Waals surface area (Å²) in [5.41, 5.74) is 2.66. The SMILES string of the molecule is CN1CCN(C(=O)c2cc(-c3ccccc3)nn2C)CC12CCNCC2. The van der Waals surface area contributed by atoms with Crippen LogP contribution in [-0.2, 0) is 7.05 Å². The minimum Gasteiger partial charge on any atom is -0.334 e. The minimum absolute atomic E-state index is 0.0909. The highest BCUT2D eigenvalue weighted by molar-refractivity contribution is 5.94. The lowest BCUT2D eigenvalue weighted by Crippen LogP contribution is -2.65. The molecule has 6 nitrogen and oxygen atoms in total. The van der Waals surface area contributed by atoms with E-state index in [-0.39, 0.29) is 11.4 Å². The molecular weight excluding hydrogens is 326 g/mol. The van der Waals surface area contributed by atoms with Crippen LogP contribution < -0.4 is 5.32 Å². The van der Waals surface area contributed by atoms with Gasteiger partial charge in [0.25, 0.3) is 5.91 Å². The molecule has 2 aromatic rings. The quantitative estimate of drug-likeness (QED) is 0.891. The molecular formula is C20H27N5O. The van der Waals surface area contributed by atoms with Crippen molar-refractivity contribution in [1.82, 2.24) is 24.9 Å². The van der Waals surface area contributed by atoms with Crippen LogP contribution in [0.25, 0.3) is 11.3 Å².